The molecule has 0 radical (unpaired) electrons. The van der Waals surface area contributed by atoms with Crippen molar-refractivity contribution < 1.29 is 0 Å². The Morgan fingerprint density at radius 2 is 1.58 bits per heavy atom. The lowest BCUT2D eigenvalue weighted by Gasteiger charge is -2.39. The number of hydrogen-bond donors (Lipinski definition) is 0. The summed E-state index contributed by atoms with van der Waals surface area (Å²) in [6, 6.07) is 11.0. The third-order valence-electron chi connectivity index (χ3n) is 4.52. The summed E-state index contributed by atoms with van der Waals surface area (Å²) in [5.74, 6) is 0. The fourth-order valence-electron chi connectivity index (χ4n) is 3.36. The van der Waals surface area contributed by atoms with Gasteiger partial charge in [-0.05, 0) is 37.1 Å². The van der Waals surface area contributed by atoms with Gasteiger partial charge in [-0.1, -0.05) is 12.8 Å². The molecule has 2 aliphatic rings. The largest absolute Gasteiger partial charge is 0.369 e. The van der Waals surface area contributed by atoms with Crippen LogP contribution in [0.15, 0.2) is 24.3 Å². The first-order valence-electron chi connectivity index (χ1n) is 7.36. The molecule has 0 bridgehead atoms. The van der Waals surface area contributed by atoms with E-state index in [4.69, 9.17) is 5.26 Å². The number of nitrogens with zero attached hydrogens (tertiary/aromatic N) is 3. The highest BCUT2D eigenvalue weighted by molar-refractivity contribution is 5.50. The second kappa shape index (κ2) is 5.63. The predicted octanol–water partition coefficient (Wildman–Crippen LogP) is 2.62. The molecule has 0 amide bonds. The summed E-state index contributed by atoms with van der Waals surface area (Å²) >= 11 is 0. The molecule has 1 aromatic carbocycles. The van der Waals surface area contributed by atoms with E-state index in [-0.39, 0.29) is 0 Å². The molecular weight excluding hydrogens is 234 g/mol. The van der Waals surface area contributed by atoms with Gasteiger partial charge in [0.15, 0.2) is 0 Å². The van der Waals surface area contributed by atoms with Crippen molar-refractivity contribution >= 4 is 5.69 Å². The Bertz CT molecular complexity index is 446. The average molecular weight is 255 g/mol. The van der Waals surface area contributed by atoms with E-state index in [1.54, 1.807) is 0 Å². The Hall–Kier alpha value is -1.53. The minimum Gasteiger partial charge on any atom is -0.369 e. The van der Waals surface area contributed by atoms with Crippen molar-refractivity contribution in [1.29, 1.82) is 5.26 Å². The maximum atomic E-state index is 8.82. The van der Waals surface area contributed by atoms with Gasteiger partial charge in [0.1, 0.15) is 0 Å². The molecule has 2 fully saturated rings. The number of rotatable bonds is 2. The summed E-state index contributed by atoms with van der Waals surface area (Å²) in [6.07, 6.45) is 5.63. The topological polar surface area (TPSA) is 30.3 Å². The minimum absolute atomic E-state index is 0.744. The Labute approximate surface area is 115 Å². The summed E-state index contributed by atoms with van der Waals surface area (Å²) in [5, 5.41) is 8.82. The number of nitriles is 1. The average Bonchev–Trinajstić information content (AvgIpc) is 3.02. The molecule has 1 aromatic rings. The lowest BCUT2D eigenvalue weighted by Crippen LogP contribution is -2.49. The monoisotopic (exact) mass is 255 g/mol. The Morgan fingerprint density at radius 1 is 0.947 bits per heavy atom. The number of anilines is 1. The van der Waals surface area contributed by atoms with Gasteiger partial charge in [-0.25, -0.2) is 0 Å². The van der Waals surface area contributed by atoms with Gasteiger partial charge in [0, 0.05) is 37.9 Å². The fraction of sp³-hybridized carbons (Fsp3) is 0.562. The zero-order chi connectivity index (χ0) is 13.1. The lowest BCUT2D eigenvalue weighted by atomic mass is 10.1. The molecule has 100 valence electrons. The Morgan fingerprint density at radius 3 is 2.16 bits per heavy atom. The van der Waals surface area contributed by atoms with Gasteiger partial charge in [0.2, 0.25) is 0 Å². The van der Waals surface area contributed by atoms with E-state index in [0.29, 0.717) is 0 Å². The van der Waals surface area contributed by atoms with E-state index in [2.05, 4.69) is 28.0 Å². The third kappa shape index (κ3) is 2.74. The van der Waals surface area contributed by atoms with Crippen LogP contribution in [0.1, 0.15) is 31.2 Å². The maximum Gasteiger partial charge on any atom is 0.0991 e. The number of benzene rings is 1. The van der Waals surface area contributed by atoms with E-state index in [1.165, 1.54) is 44.5 Å². The fourth-order valence-corrected chi connectivity index (χ4v) is 3.36. The predicted molar refractivity (Wildman–Crippen MR) is 77.2 cm³/mol. The molecule has 1 aliphatic carbocycles. The molecule has 0 spiro atoms. The molecule has 0 atom stereocenters. The summed E-state index contributed by atoms with van der Waals surface area (Å²) in [7, 11) is 0. The van der Waals surface area contributed by atoms with Crippen molar-refractivity contribution in [2.24, 2.45) is 0 Å². The van der Waals surface area contributed by atoms with Crippen LogP contribution in [0.5, 0.6) is 0 Å². The van der Waals surface area contributed by atoms with Crippen molar-refractivity contribution in [3.05, 3.63) is 29.8 Å². The van der Waals surface area contributed by atoms with Crippen LogP contribution in [0, 0.1) is 11.3 Å². The van der Waals surface area contributed by atoms with Gasteiger partial charge < -0.3 is 4.90 Å². The first-order chi connectivity index (χ1) is 9.36. The molecule has 3 heteroatoms. The second-order valence-corrected chi connectivity index (χ2v) is 5.62. The molecule has 0 unspecified atom stereocenters. The quantitative estimate of drug-likeness (QED) is 0.814. The summed E-state index contributed by atoms with van der Waals surface area (Å²) in [6.45, 7) is 4.60. The van der Waals surface area contributed by atoms with Crippen LogP contribution in [0.25, 0.3) is 0 Å². The van der Waals surface area contributed by atoms with Gasteiger partial charge in [-0.15, -0.1) is 0 Å². The van der Waals surface area contributed by atoms with E-state index in [9.17, 15) is 0 Å². The highest BCUT2D eigenvalue weighted by Crippen LogP contribution is 2.25. The van der Waals surface area contributed by atoms with Crippen LogP contribution in [-0.2, 0) is 0 Å². The third-order valence-corrected chi connectivity index (χ3v) is 4.52. The molecule has 19 heavy (non-hydrogen) atoms. The first-order valence-corrected chi connectivity index (χ1v) is 7.36. The van der Waals surface area contributed by atoms with Crippen LogP contribution >= 0.6 is 0 Å². The van der Waals surface area contributed by atoms with E-state index in [1.807, 2.05) is 12.1 Å². The van der Waals surface area contributed by atoms with Crippen LogP contribution in [0.4, 0.5) is 5.69 Å². The first kappa shape index (κ1) is 12.5. The smallest absolute Gasteiger partial charge is 0.0991 e. The van der Waals surface area contributed by atoms with Crippen molar-refractivity contribution in [2.75, 3.05) is 31.1 Å². The second-order valence-electron chi connectivity index (χ2n) is 5.62. The van der Waals surface area contributed by atoms with Crippen molar-refractivity contribution in [3.8, 4) is 6.07 Å². The van der Waals surface area contributed by atoms with Gasteiger partial charge in [-0.2, -0.15) is 5.26 Å². The number of piperazine rings is 1. The molecule has 1 saturated heterocycles. The van der Waals surface area contributed by atoms with Crippen LogP contribution in [-0.4, -0.2) is 37.1 Å². The van der Waals surface area contributed by atoms with Crippen LogP contribution in [0.3, 0.4) is 0 Å². The van der Waals surface area contributed by atoms with Crippen molar-refractivity contribution in [2.45, 2.75) is 31.7 Å². The van der Waals surface area contributed by atoms with Crippen molar-refractivity contribution in [3.63, 3.8) is 0 Å². The Balaban J connectivity index is 1.58. The minimum atomic E-state index is 0.744. The molecule has 3 rings (SSSR count). The normalized spacial score (nSPS) is 21.5. The van der Waals surface area contributed by atoms with Gasteiger partial charge in [-0.3, -0.25) is 4.90 Å². The van der Waals surface area contributed by atoms with Crippen molar-refractivity contribution in [1.82, 2.24) is 4.90 Å². The van der Waals surface area contributed by atoms with Gasteiger partial charge in [0.25, 0.3) is 0 Å². The highest BCUT2D eigenvalue weighted by atomic mass is 15.3. The molecule has 1 heterocycles. The SMILES string of the molecule is N#Cc1ccc(N2CCN(C3CCCC3)CC2)cc1. The maximum absolute atomic E-state index is 8.82. The summed E-state index contributed by atoms with van der Waals surface area (Å²) in [5.41, 5.74) is 2.00. The molecule has 0 aromatic heterocycles. The van der Waals surface area contributed by atoms with Gasteiger partial charge in [0.05, 0.1) is 11.6 Å². The molecule has 1 aliphatic heterocycles. The van der Waals surface area contributed by atoms with E-state index < -0.39 is 0 Å². The van der Waals surface area contributed by atoms with Crippen LogP contribution in [0.2, 0.25) is 0 Å². The zero-order valence-electron chi connectivity index (χ0n) is 11.4. The summed E-state index contributed by atoms with van der Waals surface area (Å²) in [4.78, 5) is 5.11. The summed E-state index contributed by atoms with van der Waals surface area (Å²) < 4.78 is 0. The van der Waals surface area contributed by atoms with Gasteiger partial charge >= 0.3 is 0 Å². The standard InChI is InChI=1S/C16H21N3/c17-13-14-5-7-16(8-6-14)19-11-9-18(10-12-19)15-3-1-2-4-15/h5-8,15H,1-4,9-12H2. The van der Waals surface area contributed by atoms with E-state index >= 15 is 0 Å². The molecular formula is C16H21N3. The zero-order valence-corrected chi connectivity index (χ0v) is 11.4. The molecule has 3 nitrogen and oxygen atoms in total. The van der Waals surface area contributed by atoms with Crippen LogP contribution < -0.4 is 4.90 Å². The van der Waals surface area contributed by atoms with E-state index in [0.717, 1.165) is 24.7 Å². The lowest BCUT2D eigenvalue weighted by molar-refractivity contribution is 0.187. The Kier molecular flexibility index (Phi) is 3.70. The highest BCUT2D eigenvalue weighted by Gasteiger charge is 2.25. The number of hydrogen-bond acceptors (Lipinski definition) is 3. The molecule has 1 saturated carbocycles. The molecule has 0 N–H and O–H groups in total.